The van der Waals surface area contributed by atoms with E-state index >= 15 is 0 Å². The van der Waals surface area contributed by atoms with Gasteiger partial charge in [0.2, 0.25) is 10.0 Å². The van der Waals surface area contributed by atoms with E-state index in [1.165, 1.54) is 4.31 Å². The first-order chi connectivity index (χ1) is 12.9. The van der Waals surface area contributed by atoms with E-state index in [4.69, 9.17) is 4.74 Å². The first-order valence-electron chi connectivity index (χ1n) is 8.88. The first-order valence-corrected chi connectivity index (χ1v) is 11.2. The molecule has 5 nitrogen and oxygen atoms in total. The summed E-state index contributed by atoms with van der Waals surface area (Å²) in [6, 6.07) is 15.7. The predicted molar refractivity (Wildman–Crippen MR) is 106 cm³/mol. The van der Waals surface area contributed by atoms with Crippen LogP contribution in [0.15, 0.2) is 64.4 Å². The lowest BCUT2D eigenvalue weighted by atomic mass is 10.2. The maximum atomic E-state index is 13.2. The third-order valence-corrected chi connectivity index (χ3v) is 7.56. The Morgan fingerprint density at radius 2 is 1.81 bits per heavy atom. The van der Waals surface area contributed by atoms with Crippen molar-refractivity contribution in [3.63, 3.8) is 0 Å². The van der Waals surface area contributed by atoms with Gasteiger partial charge in [-0.15, -0.1) is 11.8 Å². The van der Waals surface area contributed by atoms with Crippen molar-refractivity contribution in [1.82, 2.24) is 4.31 Å². The summed E-state index contributed by atoms with van der Waals surface area (Å²) in [7, 11) is -3.77. The number of carbonyl (C=O) groups excluding carboxylic acids is 1. The number of aryl methyl sites for hydroxylation is 1. The average molecular weight is 406 g/mol. The van der Waals surface area contributed by atoms with Crippen molar-refractivity contribution in [3.05, 3.63) is 60.2 Å². The van der Waals surface area contributed by atoms with Crippen LogP contribution in [0.25, 0.3) is 0 Å². The van der Waals surface area contributed by atoms with Crippen molar-refractivity contribution >= 4 is 27.8 Å². The molecule has 144 valence electrons. The van der Waals surface area contributed by atoms with Crippen LogP contribution in [0, 0.1) is 6.92 Å². The fraction of sp³-hybridized carbons (Fsp3) is 0.350. The number of sulfonamides is 1. The van der Waals surface area contributed by atoms with Crippen molar-refractivity contribution in [2.75, 3.05) is 13.2 Å². The van der Waals surface area contributed by atoms with Gasteiger partial charge in [-0.2, -0.15) is 4.31 Å². The van der Waals surface area contributed by atoms with Crippen LogP contribution < -0.4 is 0 Å². The van der Waals surface area contributed by atoms with Crippen LogP contribution in [0.2, 0.25) is 0 Å². The molecule has 0 aliphatic carbocycles. The highest BCUT2D eigenvalue weighted by Gasteiger charge is 2.45. The van der Waals surface area contributed by atoms with Gasteiger partial charge < -0.3 is 4.74 Å². The standard InChI is InChI=1S/C20H23NO4S2/c1-3-25-20(22)19-13-17(26-16-7-5-4-6-8-16)14-21(19)27(23,24)18-11-9-15(2)10-12-18/h4-12,17,19H,3,13-14H2,1-2H3/t17?,19-/m0/s1. The summed E-state index contributed by atoms with van der Waals surface area (Å²) in [4.78, 5) is 13.7. The molecule has 0 aromatic heterocycles. The minimum atomic E-state index is -3.77. The number of ether oxygens (including phenoxy) is 1. The van der Waals surface area contributed by atoms with E-state index in [0.29, 0.717) is 6.42 Å². The monoisotopic (exact) mass is 405 g/mol. The SMILES string of the molecule is CCOC(=O)[C@@H]1CC(Sc2ccccc2)CN1S(=O)(=O)c1ccc(C)cc1. The highest BCUT2D eigenvalue weighted by Crippen LogP contribution is 2.36. The highest BCUT2D eigenvalue weighted by molar-refractivity contribution is 8.00. The Labute approximate surface area is 164 Å². The summed E-state index contributed by atoms with van der Waals surface area (Å²) >= 11 is 1.59. The molecule has 0 saturated carbocycles. The molecular formula is C20H23NO4S2. The molecule has 0 spiro atoms. The van der Waals surface area contributed by atoms with Crippen LogP contribution >= 0.6 is 11.8 Å². The lowest BCUT2D eigenvalue weighted by Gasteiger charge is -2.22. The number of rotatable bonds is 6. The zero-order chi connectivity index (χ0) is 19.4. The number of hydrogen-bond donors (Lipinski definition) is 0. The quantitative estimate of drug-likeness (QED) is 0.689. The van der Waals surface area contributed by atoms with Crippen LogP contribution in [0.4, 0.5) is 0 Å². The Morgan fingerprint density at radius 1 is 1.15 bits per heavy atom. The van der Waals surface area contributed by atoms with Gasteiger partial charge in [0, 0.05) is 16.7 Å². The van der Waals surface area contributed by atoms with Gasteiger partial charge in [0.1, 0.15) is 6.04 Å². The van der Waals surface area contributed by atoms with Gasteiger partial charge in [-0.25, -0.2) is 8.42 Å². The van der Waals surface area contributed by atoms with Crippen molar-refractivity contribution in [2.45, 2.75) is 41.4 Å². The normalized spacial score (nSPS) is 20.5. The molecule has 0 bridgehead atoms. The van der Waals surface area contributed by atoms with Crippen LogP contribution in [0.3, 0.4) is 0 Å². The molecular weight excluding hydrogens is 382 g/mol. The molecule has 0 amide bonds. The third-order valence-electron chi connectivity index (χ3n) is 4.45. The smallest absolute Gasteiger partial charge is 0.324 e. The molecule has 2 atom stereocenters. The van der Waals surface area contributed by atoms with Gasteiger partial charge in [0.05, 0.1) is 11.5 Å². The van der Waals surface area contributed by atoms with E-state index in [1.54, 1.807) is 43.0 Å². The van der Waals surface area contributed by atoms with Crippen LogP contribution in [-0.2, 0) is 19.6 Å². The molecule has 1 saturated heterocycles. The highest BCUT2D eigenvalue weighted by atomic mass is 32.2. The summed E-state index contributed by atoms with van der Waals surface area (Å²) in [5, 5.41) is -0.0120. The summed E-state index contributed by atoms with van der Waals surface area (Å²) in [6.45, 7) is 4.13. The van der Waals surface area contributed by atoms with Crippen LogP contribution in [0.1, 0.15) is 18.9 Å². The molecule has 1 fully saturated rings. The second-order valence-electron chi connectivity index (χ2n) is 6.44. The van der Waals surface area contributed by atoms with Crippen molar-refractivity contribution in [2.24, 2.45) is 0 Å². The minimum absolute atomic E-state index is 0.0120. The van der Waals surface area contributed by atoms with E-state index < -0.39 is 22.0 Å². The van der Waals surface area contributed by atoms with E-state index in [2.05, 4.69) is 0 Å². The van der Waals surface area contributed by atoms with Gasteiger partial charge >= 0.3 is 5.97 Å². The van der Waals surface area contributed by atoms with Gasteiger partial charge in [-0.05, 0) is 44.5 Å². The number of thioether (sulfide) groups is 1. The number of esters is 1. The van der Waals surface area contributed by atoms with Gasteiger partial charge in [-0.3, -0.25) is 4.79 Å². The van der Waals surface area contributed by atoms with Crippen molar-refractivity contribution in [1.29, 1.82) is 0 Å². The molecule has 3 rings (SSSR count). The molecule has 7 heteroatoms. The summed E-state index contributed by atoms with van der Waals surface area (Å²) in [5.41, 5.74) is 0.981. The Balaban J connectivity index is 1.87. The summed E-state index contributed by atoms with van der Waals surface area (Å²) in [5.74, 6) is -0.482. The maximum Gasteiger partial charge on any atom is 0.324 e. The second-order valence-corrected chi connectivity index (χ2v) is 9.71. The fourth-order valence-corrected chi connectivity index (χ4v) is 6.05. The number of carbonyl (C=O) groups is 1. The van der Waals surface area contributed by atoms with E-state index in [-0.39, 0.29) is 23.3 Å². The molecule has 2 aromatic rings. The largest absolute Gasteiger partial charge is 0.465 e. The minimum Gasteiger partial charge on any atom is -0.465 e. The average Bonchev–Trinajstić information content (AvgIpc) is 3.08. The molecule has 2 aromatic carbocycles. The molecule has 1 heterocycles. The Morgan fingerprint density at radius 3 is 2.44 bits per heavy atom. The summed E-state index contributed by atoms with van der Waals surface area (Å²) in [6.07, 6.45) is 0.434. The number of benzene rings is 2. The number of nitrogens with zero attached hydrogens (tertiary/aromatic N) is 1. The second kappa shape index (κ2) is 8.46. The Bertz CT molecular complexity index is 882. The van der Waals surface area contributed by atoms with E-state index in [0.717, 1.165) is 10.5 Å². The van der Waals surface area contributed by atoms with E-state index in [1.807, 2.05) is 37.3 Å². The third kappa shape index (κ3) is 4.54. The zero-order valence-corrected chi connectivity index (χ0v) is 17.0. The predicted octanol–water partition coefficient (Wildman–Crippen LogP) is 3.48. The fourth-order valence-electron chi connectivity index (χ4n) is 3.11. The molecule has 0 N–H and O–H groups in total. The molecule has 1 aliphatic heterocycles. The lowest BCUT2D eigenvalue weighted by Crippen LogP contribution is -2.41. The first kappa shape index (κ1) is 19.9. The summed E-state index contributed by atoms with van der Waals surface area (Å²) < 4.78 is 32.8. The van der Waals surface area contributed by atoms with Gasteiger partial charge in [-0.1, -0.05) is 35.9 Å². The number of hydrogen-bond acceptors (Lipinski definition) is 5. The van der Waals surface area contributed by atoms with Crippen LogP contribution in [-0.4, -0.2) is 43.1 Å². The van der Waals surface area contributed by atoms with E-state index in [9.17, 15) is 13.2 Å². The Hall–Kier alpha value is -1.83. The molecule has 1 unspecified atom stereocenters. The van der Waals surface area contributed by atoms with Crippen molar-refractivity contribution < 1.29 is 17.9 Å². The van der Waals surface area contributed by atoms with Crippen molar-refractivity contribution in [3.8, 4) is 0 Å². The lowest BCUT2D eigenvalue weighted by molar-refractivity contribution is -0.146. The maximum absolute atomic E-state index is 13.2. The van der Waals surface area contributed by atoms with Gasteiger partial charge in [0.25, 0.3) is 0 Å². The van der Waals surface area contributed by atoms with Crippen LogP contribution in [0.5, 0.6) is 0 Å². The van der Waals surface area contributed by atoms with Gasteiger partial charge in [0.15, 0.2) is 0 Å². The topological polar surface area (TPSA) is 63.7 Å². The molecule has 0 radical (unpaired) electrons. The molecule has 27 heavy (non-hydrogen) atoms. The zero-order valence-electron chi connectivity index (χ0n) is 15.4. The Kier molecular flexibility index (Phi) is 6.24. The molecule has 1 aliphatic rings.